The summed E-state index contributed by atoms with van der Waals surface area (Å²) < 4.78 is 5.17. The molecule has 0 bridgehead atoms. The molecule has 4 heteroatoms. The highest BCUT2D eigenvalue weighted by atomic mass is 16.6. The lowest BCUT2D eigenvalue weighted by Gasteiger charge is -2.20. The van der Waals surface area contributed by atoms with Crippen molar-refractivity contribution in [2.24, 2.45) is 0 Å². The average molecular weight is 207 g/mol. The summed E-state index contributed by atoms with van der Waals surface area (Å²) in [5.41, 5.74) is 0.556. The van der Waals surface area contributed by atoms with Crippen LogP contribution in [0.3, 0.4) is 0 Å². The van der Waals surface area contributed by atoms with Gasteiger partial charge in [0, 0.05) is 6.42 Å². The zero-order valence-corrected chi connectivity index (χ0v) is 8.49. The Hall–Kier alpha value is -1.71. The largest absolute Gasteiger partial charge is 0.508 e. The van der Waals surface area contributed by atoms with E-state index >= 15 is 0 Å². The highest BCUT2D eigenvalue weighted by molar-refractivity contribution is 5.70. The Bertz CT molecular complexity index is 374. The fourth-order valence-electron chi connectivity index (χ4n) is 1.70. The summed E-state index contributed by atoms with van der Waals surface area (Å²) in [6.07, 6.45) is 0.280. The van der Waals surface area contributed by atoms with Gasteiger partial charge in [-0.3, -0.25) is 0 Å². The monoisotopic (exact) mass is 207 g/mol. The van der Waals surface area contributed by atoms with Crippen molar-refractivity contribution in [3.8, 4) is 5.75 Å². The van der Waals surface area contributed by atoms with Crippen LogP contribution in [-0.2, 0) is 11.2 Å². The number of rotatable bonds is 2. The van der Waals surface area contributed by atoms with Crippen LogP contribution in [-0.4, -0.2) is 23.3 Å². The van der Waals surface area contributed by atoms with Gasteiger partial charge in [0.15, 0.2) is 0 Å². The maximum Gasteiger partial charge on any atom is 0.407 e. The Morgan fingerprint density at radius 3 is 2.67 bits per heavy atom. The van der Waals surface area contributed by atoms with Crippen LogP contribution >= 0.6 is 0 Å². The number of ether oxygens (including phenoxy) is 1. The Labute approximate surface area is 87.9 Å². The van der Waals surface area contributed by atoms with Crippen molar-refractivity contribution in [2.75, 3.05) is 6.54 Å². The first-order valence-electron chi connectivity index (χ1n) is 4.82. The van der Waals surface area contributed by atoms with Crippen molar-refractivity contribution in [2.45, 2.75) is 18.9 Å². The molecule has 0 aliphatic carbocycles. The summed E-state index contributed by atoms with van der Waals surface area (Å²) in [5.74, 6) is 0.241. The molecule has 1 aromatic rings. The van der Waals surface area contributed by atoms with E-state index < -0.39 is 5.60 Å². The fourth-order valence-corrected chi connectivity index (χ4v) is 1.70. The first kappa shape index (κ1) is 9.83. The van der Waals surface area contributed by atoms with Gasteiger partial charge >= 0.3 is 6.09 Å². The smallest absolute Gasteiger partial charge is 0.407 e. The molecular formula is C11H13NO3. The molecule has 15 heavy (non-hydrogen) atoms. The molecule has 2 rings (SSSR count). The number of carbonyl (C=O) groups excluding carboxylic acids is 1. The van der Waals surface area contributed by atoms with E-state index in [9.17, 15) is 4.79 Å². The number of phenolic OH excluding ortho intramolecular Hbond substituents is 1. The molecule has 0 saturated carbocycles. The number of cyclic esters (lactones) is 1. The van der Waals surface area contributed by atoms with Gasteiger partial charge in [-0.15, -0.1) is 0 Å². The van der Waals surface area contributed by atoms with Crippen LogP contribution in [0.25, 0.3) is 0 Å². The van der Waals surface area contributed by atoms with Gasteiger partial charge in [0.1, 0.15) is 11.4 Å². The number of benzene rings is 1. The molecule has 1 aliphatic heterocycles. The molecule has 1 fully saturated rings. The molecule has 1 amide bonds. The Morgan fingerprint density at radius 1 is 1.47 bits per heavy atom. The Morgan fingerprint density at radius 2 is 2.13 bits per heavy atom. The van der Waals surface area contributed by atoms with E-state index in [1.165, 1.54) is 0 Å². The van der Waals surface area contributed by atoms with Crippen molar-refractivity contribution in [3.05, 3.63) is 29.8 Å². The van der Waals surface area contributed by atoms with Crippen molar-refractivity contribution < 1.29 is 14.6 Å². The quantitative estimate of drug-likeness (QED) is 0.771. The minimum atomic E-state index is -0.478. The minimum absolute atomic E-state index is 0.241. The second kappa shape index (κ2) is 3.46. The molecule has 0 aromatic heterocycles. The summed E-state index contributed by atoms with van der Waals surface area (Å²) in [4.78, 5) is 10.9. The average Bonchev–Trinajstić information content (AvgIpc) is 2.50. The fraction of sp³-hybridized carbons (Fsp3) is 0.364. The molecule has 1 saturated heterocycles. The van der Waals surface area contributed by atoms with E-state index in [0.29, 0.717) is 13.0 Å². The molecule has 1 aromatic carbocycles. The molecular weight excluding hydrogens is 194 g/mol. The van der Waals surface area contributed by atoms with E-state index in [2.05, 4.69) is 5.32 Å². The van der Waals surface area contributed by atoms with Crippen molar-refractivity contribution in [1.82, 2.24) is 5.32 Å². The molecule has 1 atom stereocenters. The minimum Gasteiger partial charge on any atom is -0.508 e. The molecule has 1 aliphatic rings. The Balaban J connectivity index is 2.08. The summed E-state index contributed by atoms with van der Waals surface area (Å²) in [7, 11) is 0. The SMILES string of the molecule is CC1(Cc2ccc(O)cc2)CNC(=O)O1. The highest BCUT2D eigenvalue weighted by Crippen LogP contribution is 2.22. The van der Waals surface area contributed by atoms with Crippen LogP contribution in [0.5, 0.6) is 5.75 Å². The molecule has 1 heterocycles. The normalized spacial score (nSPS) is 24.7. The van der Waals surface area contributed by atoms with E-state index in [1.54, 1.807) is 12.1 Å². The van der Waals surface area contributed by atoms with Crippen LogP contribution in [0.2, 0.25) is 0 Å². The number of hydrogen-bond acceptors (Lipinski definition) is 3. The van der Waals surface area contributed by atoms with Crippen LogP contribution in [0.15, 0.2) is 24.3 Å². The van der Waals surface area contributed by atoms with Gasteiger partial charge in [-0.1, -0.05) is 12.1 Å². The molecule has 0 spiro atoms. The van der Waals surface area contributed by atoms with Crippen LogP contribution in [0.1, 0.15) is 12.5 Å². The standard InChI is InChI=1S/C11H13NO3/c1-11(7-12-10(14)15-11)6-8-2-4-9(13)5-3-8/h2-5,13H,6-7H2,1H3,(H,12,14). The zero-order chi connectivity index (χ0) is 10.9. The molecule has 2 N–H and O–H groups in total. The zero-order valence-electron chi connectivity index (χ0n) is 8.49. The molecule has 0 radical (unpaired) electrons. The van der Waals surface area contributed by atoms with E-state index in [1.807, 2.05) is 19.1 Å². The van der Waals surface area contributed by atoms with Crippen LogP contribution < -0.4 is 5.32 Å². The number of hydrogen-bond donors (Lipinski definition) is 2. The van der Waals surface area contributed by atoms with Gasteiger partial charge < -0.3 is 15.2 Å². The van der Waals surface area contributed by atoms with Crippen molar-refractivity contribution >= 4 is 6.09 Å². The number of aromatic hydroxyl groups is 1. The van der Waals surface area contributed by atoms with Crippen LogP contribution in [0, 0.1) is 0 Å². The summed E-state index contributed by atoms with van der Waals surface area (Å²) in [6, 6.07) is 6.91. The van der Waals surface area contributed by atoms with Crippen LogP contribution in [0.4, 0.5) is 4.79 Å². The topological polar surface area (TPSA) is 58.6 Å². The first-order valence-corrected chi connectivity index (χ1v) is 4.82. The van der Waals surface area contributed by atoms with Gasteiger partial charge in [0.2, 0.25) is 0 Å². The maximum atomic E-state index is 10.9. The number of carbonyl (C=O) groups is 1. The van der Waals surface area contributed by atoms with Crippen molar-refractivity contribution in [3.63, 3.8) is 0 Å². The third kappa shape index (κ3) is 2.21. The summed E-state index contributed by atoms with van der Waals surface area (Å²) in [6.45, 7) is 2.41. The second-order valence-electron chi connectivity index (χ2n) is 4.04. The summed E-state index contributed by atoms with van der Waals surface area (Å²) >= 11 is 0. The van der Waals surface area contributed by atoms with Gasteiger partial charge in [-0.2, -0.15) is 0 Å². The Kier molecular flexibility index (Phi) is 2.26. The number of amides is 1. The maximum absolute atomic E-state index is 10.9. The van der Waals surface area contributed by atoms with Gasteiger partial charge in [0.25, 0.3) is 0 Å². The molecule has 4 nitrogen and oxygen atoms in total. The number of phenols is 1. The molecule has 80 valence electrons. The van der Waals surface area contributed by atoms with Gasteiger partial charge in [-0.05, 0) is 24.6 Å². The second-order valence-corrected chi connectivity index (χ2v) is 4.04. The van der Waals surface area contributed by atoms with Gasteiger partial charge in [0.05, 0.1) is 6.54 Å². The summed E-state index contributed by atoms with van der Waals surface area (Å²) in [5, 5.41) is 11.8. The third-order valence-electron chi connectivity index (χ3n) is 2.46. The predicted octanol–water partition coefficient (Wildman–Crippen LogP) is 1.43. The predicted molar refractivity (Wildman–Crippen MR) is 54.7 cm³/mol. The molecule has 1 unspecified atom stereocenters. The lowest BCUT2D eigenvalue weighted by Crippen LogP contribution is -2.31. The first-order chi connectivity index (χ1) is 7.07. The lowest BCUT2D eigenvalue weighted by molar-refractivity contribution is 0.0725. The van der Waals surface area contributed by atoms with Crippen molar-refractivity contribution in [1.29, 1.82) is 0 Å². The van der Waals surface area contributed by atoms with Gasteiger partial charge in [-0.25, -0.2) is 4.79 Å². The third-order valence-corrected chi connectivity index (χ3v) is 2.46. The number of nitrogens with one attached hydrogen (secondary N) is 1. The number of alkyl carbamates (subject to hydrolysis) is 1. The van der Waals surface area contributed by atoms with E-state index in [-0.39, 0.29) is 11.8 Å². The van der Waals surface area contributed by atoms with E-state index in [4.69, 9.17) is 9.84 Å². The van der Waals surface area contributed by atoms with E-state index in [0.717, 1.165) is 5.56 Å². The highest BCUT2D eigenvalue weighted by Gasteiger charge is 2.35. The lowest BCUT2D eigenvalue weighted by atomic mass is 9.97.